The zero-order valence-corrected chi connectivity index (χ0v) is 18.7. The Kier molecular flexibility index (Phi) is 5.59. The minimum atomic E-state index is -4.38. The van der Waals surface area contributed by atoms with Crippen molar-refractivity contribution in [3.8, 4) is 0 Å². The van der Waals surface area contributed by atoms with Crippen LogP contribution >= 0.6 is 0 Å². The van der Waals surface area contributed by atoms with Crippen LogP contribution in [0.2, 0.25) is 0 Å². The molecule has 0 radical (unpaired) electrons. The molecule has 0 bridgehead atoms. The molecule has 5 nitrogen and oxygen atoms in total. The van der Waals surface area contributed by atoms with E-state index in [1.165, 1.54) is 12.1 Å². The molecule has 2 aromatic heterocycles. The lowest BCUT2D eigenvalue weighted by Gasteiger charge is -2.36. The minimum absolute atomic E-state index is 0.108. The third kappa shape index (κ3) is 4.16. The lowest BCUT2D eigenvalue weighted by Crippen LogP contribution is -2.49. The van der Waals surface area contributed by atoms with E-state index in [0.717, 1.165) is 22.7 Å². The number of aryl methyl sites for hydroxylation is 1. The molecule has 1 aliphatic rings. The first-order chi connectivity index (χ1) is 16.3. The number of fused-ring (bicyclic) bond motifs is 1. The predicted octanol–water partition coefficient (Wildman–Crippen LogP) is 5.57. The molecule has 176 valence electrons. The molecule has 1 aliphatic heterocycles. The maximum Gasteiger partial charge on any atom is 0.416 e. The first kappa shape index (κ1) is 22.1. The lowest BCUT2D eigenvalue weighted by atomic mass is 10.1. The fraction of sp³-hybridized carbons (Fsp3) is 0.269. The van der Waals surface area contributed by atoms with Crippen LogP contribution < -0.4 is 4.90 Å². The van der Waals surface area contributed by atoms with Crippen LogP contribution in [0, 0.1) is 6.92 Å². The number of aromatic nitrogens is 1. The maximum atomic E-state index is 13.5. The van der Waals surface area contributed by atoms with Gasteiger partial charge in [0.05, 0.1) is 17.3 Å². The molecule has 4 aromatic rings. The number of alkyl halides is 3. The molecule has 0 atom stereocenters. The van der Waals surface area contributed by atoms with Crippen LogP contribution in [0.25, 0.3) is 11.1 Å². The van der Waals surface area contributed by atoms with Gasteiger partial charge >= 0.3 is 6.18 Å². The van der Waals surface area contributed by atoms with Crippen LogP contribution in [0.1, 0.15) is 27.2 Å². The monoisotopic (exact) mass is 467 g/mol. The second-order valence-electron chi connectivity index (χ2n) is 8.54. The summed E-state index contributed by atoms with van der Waals surface area (Å²) < 4.78 is 46.8. The smallest absolute Gasteiger partial charge is 0.416 e. The SMILES string of the molecule is Cc1ccccc1Cn1c(C(=O)N2CCN(c3cccc(C(F)(F)F)c3)CC2)cc2occc21. The van der Waals surface area contributed by atoms with E-state index < -0.39 is 11.7 Å². The summed E-state index contributed by atoms with van der Waals surface area (Å²) in [7, 11) is 0. The summed E-state index contributed by atoms with van der Waals surface area (Å²) in [6.45, 7) is 4.35. The van der Waals surface area contributed by atoms with Crippen LogP contribution in [-0.4, -0.2) is 41.6 Å². The number of anilines is 1. The summed E-state index contributed by atoms with van der Waals surface area (Å²) in [5.41, 5.74) is 4.16. The quantitative estimate of drug-likeness (QED) is 0.394. The van der Waals surface area contributed by atoms with Gasteiger partial charge in [0, 0.05) is 50.5 Å². The van der Waals surface area contributed by atoms with Gasteiger partial charge in [-0.15, -0.1) is 0 Å². The van der Waals surface area contributed by atoms with Gasteiger partial charge in [0.25, 0.3) is 5.91 Å². The molecule has 0 saturated carbocycles. The Hall–Kier alpha value is -3.68. The van der Waals surface area contributed by atoms with Crippen molar-refractivity contribution in [2.75, 3.05) is 31.1 Å². The highest BCUT2D eigenvalue weighted by atomic mass is 19.4. The average Bonchev–Trinajstić information content (AvgIpc) is 3.42. The standard InChI is InChI=1S/C26H24F3N3O2/c1-18-5-2-3-6-19(18)17-32-22-9-14-34-24(22)16-23(32)25(33)31-12-10-30(11-13-31)21-8-4-7-20(15-21)26(27,28)29/h2-9,14-16H,10-13,17H2,1H3. The van der Waals surface area contributed by atoms with Gasteiger partial charge in [-0.2, -0.15) is 13.2 Å². The molecule has 0 aliphatic carbocycles. The third-order valence-electron chi connectivity index (χ3n) is 6.44. The number of hydrogen-bond acceptors (Lipinski definition) is 3. The average molecular weight is 467 g/mol. The van der Waals surface area contributed by atoms with Crippen LogP contribution in [-0.2, 0) is 12.7 Å². The van der Waals surface area contributed by atoms with E-state index in [1.807, 2.05) is 46.7 Å². The molecule has 8 heteroatoms. The number of piperazine rings is 1. The molecule has 0 N–H and O–H groups in total. The predicted molar refractivity (Wildman–Crippen MR) is 124 cm³/mol. The van der Waals surface area contributed by atoms with Gasteiger partial charge in [-0.05, 0) is 36.2 Å². The molecule has 1 saturated heterocycles. The maximum absolute atomic E-state index is 13.5. The number of amides is 1. The van der Waals surface area contributed by atoms with Crippen molar-refractivity contribution >= 4 is 22.7 Å². The fourth-order valence-electron chi connectivity index (χ4n) is 4.49. The van der Waals surface area contributed by atoms with E-state index in [4.69, 9.17) is 4.42 Å². The van der Waals surface area contributed by atoms with E-state index in [2.05, 4.69) is 0 Å². The van der Waals surface area contributed by atoms with E-state index in [1.54, 1.807) is 23.3 Å². The van der Waals surface area contributed by atoms with Crippen molar-refractivity contribution in [3.05, 3.63) is 89.3 Å². The summed E-state index contributed by atoms with van der Waals surface area (Å²) >= 11 is 0. The Morgan fingerprint density at radius 2 is 1.74 bits per heavy atom. The van der Waals surface area contributed by atoms with E-state index >= 15 is 0 Å². The molecule has 34 heavy (non-hydrogen) atoms. The van der Waals surface area contributed by atoms with Crippen LogP contribution in [0.4, 0.5) is 18.9 Å². The van der Waals surface area contributed by atoms with Gasteiger partial charge in [0.15, 0.2) is 5.58 Å². The first-order valence-electron chi connectivity index (χ1n) is 11.1. The van der Waals surface area contributed by atoms with Crippen molar-refractivity contribution in [3.63, 3.8) is 0 Å². The highest BCUT2D eigenvalue weighted by molar-refractivity contribution is 5.97. The number of carbonyl (C=O) groups is 1. The van der Waals surface area contributed by atoms with Gasteiger partial charge in [-0.1, -0.05) is 30.3 Å². The lowest BCUT2D eigenvalue weighted by molar-refractivity contribution is -0.137. The van der Waals surface area contributed by atoms with Crippen LogP contribution in [0.15, 0.2) is 71.3 Å². The second-order valence-corrected chi connectivity index (χ2v) is 8.54. The Morgan fingerprint density at radius 3 is 2.47 bits per heavy atom. The number of furan rings is 1. The molecule has 0 unspecified atom stereocenters. The normalized spacial score (nSPS) is 14.7. The van der Waals surface area contributed by atoms with Gasteiger partial charge in [0.2, 0.25) is 0 Å². The molecule has 1 fully saturated rings. The van der Waals surface area contributed by atoms with Crippen molar-refractivity contribution in [1.82, 2.24) is 9.47 Å². The third-order valence-corrected chi connectivity index (χ3v) is 6.44. The zero-order chi connectivity index (χ0) is 23.9. The number of rotatable bonds is 4. The van der Waals surface area contributed by atoms with Crippen LogP contribution in [0.5, 0.6) is 0 Å². The topological polar surface area (TPSA) is 41.6 Å². The number of carbonyl (C=O) groups excluding carboxylic acids is 1. The Balaban J connectivity index is 1.35. The summed E-state index contributed by atoms with van der Waals surface area (Å²) in [6, 6.07) is 17.0. The highest BCUT2D eigenvalue weighted by Gasteiger charge is 2.31. The minimum Gasteiger partial charge on any atom is -0.463 e. The van der Waals surface area contributed by atoms with Crippen molar-refractivity contribution in [2.45, 2.75) is 19.6 Å². The molecule has 2 aromatic carbocycles. The number of nitrogens with zero attached hydrogens (tertiary/aromatic N) is 3. The van der Waals surface area contributed by atoms with Gasteiger partial charge in [-0.3, -0.25) is 4.79 Å². The van der Waals surface area contributed by atoms with E-state index in [-0.39, 0.29) is 5.91 Å². The van der Waals surface area contributed by atoms with Crippen molar-refractivity contribution in [2.24, 2.45) is 0 Å². The molecular formula is C26H24F3N3O2. The molecule has 3 heterocycles. The summed E-state index contributed by atoms with van der Waals surface area (Å²) in [5.74, 6) is -0.108. The molecular weight excluding hydrogens is 443 g/mol. The summed E-state index contributed by atoms with van der Waals surface area (Å²) in [6.07, 6.45) is -2.77. The zero-order valence-electron chi connectivity index (χ0n) is 18.7. The summed E-state index contributed by atoms with van der Waals surface area (Å²) in [4.78, 5) is 17.1. The number of hydrogen-bond donors (Lipinski definition) is 0. The molecule has 0 spiro atoms. The van der Waals surface area contributed by atoms with Gasteiger partial charge in [-0.25, -0.2) is 0 Å². The number of benzene rings is 2. The Bertz CT molecular complexity index is 1330. The van der Waals surface area contributed by atoms with E-state index in [0.29, 0.717) is 49.7 Å². The largest absolute Gasteiger partial charge is 0.463 e. The van der Waals surface area contributed by atoms with Gasteiger partial charge < -0.3 is 18.8 Å². The van der Waals surface area contributed by atoms with Crippen molar-refractivity contribution in [1.29, 1.82) is 0 Å². The van der Waals surface area contributed by atoms with Gasteiger partial charge in [0.1, 0.15) is 5.69 Å². The highest BCUT2D eigenvalue weighted by Crippen LogP contribution is 2.32. The van der Waals surface area contributed by atoms with Crippen molar-refractivity contribution < 1.29 is 22.4 Å². The van der Waals surface area contributed by atoms with E-state index in [9.17, 15) is 18.0 Å². The fourth-order valence-corrected chi connectivity index (χ4v) is 4.49. The van der Waals surface area contributed by atoms with Crippen LogP contribution in [0.3, 0.4) is 0 Å². The Morgan fingerprint density at radius 1 is 0.971 bits per heavy atom. The molecule has 5 rings (SSSR count). The first-order valence-corrected chi connectivity index (χ1v) is 11.1. The Labute approximate surface area is 195 Å². The second kappa shape index (κ2) is 8.59. The summed E-state index contributed by atoms with van der Waals surface area (Å²) in [5, 5.41) is 0. The molecule has 1 amide bonds. The number of halogens is 3.